The predicted molar refractivity (Wildman–Crippen MR) is 103 cm³/mol. The van der Waals surface area contributed by atoms with Crippen molar-refractivity contribution in [1.82, 2.24) is 19.9 Å². The predicted octanol–water partition coefficient (Wildman–Crippen LogP) is 2.27. The Balaban J connectivity index is 1.80. The molecular weight excluding hydrogens is 342 g/mol. The van der Waals surface area contributed by atoms with Gasteiger partial charge in [-0.2, -0.15) is 0 Å². The molecule has 1 amide bonds. The molecule has 0 radical (unpaired) electrons. The third-order valence-electron chi connectivity index (χ3n) is 4.52. The van der Waals surface area contributed by atoms with E-state index < -0.39 is 0 Å². The number of methoxy groups -OCH3 is 1. The lowest BCUT2D eigenvalue weighted by atomic mass is 10.2. The van der Waals surface area contributed by atoms with Crippen LogP contribution in [0.3, 0.4) is 0 Å². The summed E-state index contributed by atoms with van der Waals surface area (Å²) in [6, 6.07) is 13.7. The molecule has 3 aromatic rings. The van der Waals surface area contributed by atoms with Gasteiger partial charge in [-0.15, -0.1) is 0 Å². The molecule has 0 spiro atoms. The standard InChI is InChI=1S/C20H21N5O2/c1-27-18-9-8-15(12-22-18)20-23-17(24-11-5-10-21-13-19(24)26)14-25(20)16-6-3-2-4-7-16/h2-4,6-9,12,14,21H,5,10-11,13H2,1H3. The molecule has 1 aliphatic heterocycles. The molecule has 1 aromatic carbocycles. The number of para-hydroxylation sites is 1. The molecule has 0 atom stereocenters. The normalized spacial score (nSPS) is 14.9. The van der Waals surface area contributed by atoms with Crippen LogP contribution in [-0.4, -0.2) is 47.2 Å². The van der Waals surface area contributed by atoms with Crippen molar-refractivity contribution in [2.45, 2.75) is 6.42 Å². The van der Waals surface area contributed by atoms with Gasteiger partial charge in [-0.3, -0.25) is 14.3 Å². The number of amides is 1. The second-order valence-electron chi connectivity index (χ2n) is 6.29. The van der Waals surface area contributed by atoms with Crippen molar-refractivity contribution in [3.05, 3.63) is 54.9 Å². The number of hydrogen-bond donors (Lipinski definition) is 1. The van der Waals surface area contributed by atoms with Gasteiger partial charge in [0.15, 0.2) is 5.82 Å². The molecule has 0 saturated carbocycles. The fourth-order valence-electron chi connectivity index (χ4n) is 3.14. The first kappa shape index (κ1) is 17.2. The highest BCUT2D eigenvalue weighted by Gasteiger charge is 2.22. The van der Waals surface area contributed by atoms with Crippen LogP contribution < -0.4 is 15.0 Å². The van der Waals surface area contributed by atoms with Crippen LogP contribution >= 0.6 is 0 Å². The van der Waals surface area contributed by atoms with Gasteiger partial charge in [-0.05, 0) is 31.2 Å². The maximum absolute atomic E-state index is 12.5. The van der Waals surface area contributed by atoms with Crippen LogP contribution in [0.25, 0.3) is 17.1 Å². The quantitative estimate of drug-likeness (QED) is 0.770. The number of carbonyl (C=O) groups is 1. The molecule has 7 heteroatoms. The van der Waals surface area contributed by atoms with Gasteiger partial charge < -0.3 is 10.1 Å². The van der Waals surface area contributed by atoms with Crippen molar-refractivity contribution in [3.8, 4) is 23.0 Å². The van der Waals surface area contributed by atoms with Crippen LogP contribution in [0, 0.1) is 0 Å². The molecule has 1 saturated heterocycles. The summed E-state index contributed by atoms with van der Waals surface area (Å²) in [5.74, 6) is 1.96. The average molecular weight is 363 g/mol. The van der Waals surface area contributed by atoms with Crippen molar-refractivity contribution >= 4 is 11.7 Å². The zero-order valence-corrected chi connectivity index (χ0v) is 15.1. The highest BCUT2D eigenvalue weighted by Crippen LogP contribution is 2.27. The van der Waals surface area contributed by atoms with E-state index in [1.165, 1.54) is 0 Å². The zero-order valence-electron chi connectivity index (χ0n) is 15.1. The summed E-state index contributed by atoms with van der Waals surface area (Å²) in [5, 5.41) is 3.14. The SMILES string of the molecule is COc1ccc(-c2nc(N3CCCNCC3=O)cn2-c2ccccc2)cn1. The van der Waals surface area contributed by atoms with E-state index in [4.69, 9.17) is 9.72 Å². The van der Waals surface area contributed by atoms with E-state index >= 15 is 0 Å². The van der Waals surface area contributed by atoms with Gasteiger partial charge >= 0.3 is 0 Å². The summed E-state index contributed by atoms with van der Waals surface area (Å²) >= 11 is 0. The number of imidazole rings is 1. The molecular formula is C20H21N5O2. The molecule has 0 unspecified atom stereocenters. The Labute approximate surface area is 157 Å². The van der Waals surface area contributed by atoms with Crippen LogP contribution in [0.5, 0.6) is 5.88 Å². The van der Waals surface area contributed by atoms with E-state index in [0.717, 1.165) is 30.0 Å². The Morgan fingerprint density at radius 2 is 2.00 bits per heavy atom. The first-order chi connectivity index (χ1) is 13.3. The molecule has 1 aliphatic rings. The molecule has 0 bridgehead atoms. The van der Waals surface area contributed by atoms with E-state index in [-0.39, 0.29) is 5.91 Å². The van der Waals surface area contributed by atoms with E-state index in [2.05, 4.69) is 10.3 Å². The molecule has 1 fully saturated rings. The van der Waals surface area contributed by atoms with Crippen LogP contribution in [0.4, 0.5) is 5.82 Å². The lowest BCUT2D eigenvalue weighted by Gasteiger charge is -2.16. The monoisotopic (exact) mass is 363 g/mol. The molecule has 4 rings (SSSR count). The minimum atomic E-state index is 0.0321. The zero-order chi connectivity index (χ0) is 18.6. The number of rotatable bonds is 4. The van der Waals surface area contributed by atoms with Crippen LogP contribution in [0.1, 0.15) is 6.42 Å². The molecule has 27 heavy (non-hydrogen) atoms. The summed E-state index contributed by atoms with van der Waals surface area (Å²) in [4.78, 5) is 23.3. The third kappa shape index (κ3) is 3.54. The summed E-state index contributed by atoms with van der Waals surface area (Å²) in [5.41, 5.74) is 1.83. The van der Waals surface area contributed by atoms with Crippen LogP contribution in [0.15, 0.2) is 54.9 Å². The Bertz CT molecular complexity index is 921. The maximum atomic E-state index is 12.5. The Morgan fingerprint density at radius 3 is 2.74 bits per heavy atom. The summed E-state index contributed by atoms with van der Waals surface area (Å²) in [6.45, 7) is 1.81. The fourth-order valence-corrected chi connectivity index (χ4v) is 3.14. The number of pyridine rings is 1. The van der Waals surface area contributed by atoms with E-state index in [1.54, 1.807) is 24.3 Å². The van der Waals surface area contributed by atoms with E-state index in [0.29, 0.717) is 24.8 Å². The second-order valence-corrected chi connectivity index (χ2v) is 6.29. The Hall–Kier alpha value is -3.19. The number of benzene rings is 1. The van der Waals surface area contributed by atoms with E-state index in [9.17, 15) is 4.79 Å². The molecule has 3 heterocycles. The molecule has 2 aromatic heterocycles. The maximum Gasteiger partial charge on any atom is 0.242 e. The Kier molecular flexibility index (Phi) is 4.84. The van der Waals surface area contributed by atoms with Gasteiger partial charge in [0.05, 0.1) is 19.9 Å². The van der Waals surface area contributed by atoms with E-state index in [1.807, 2.05) is 47.2 Å². The number of nitrogens with zero attached hydrogens (tertiary/aromatic N) is 4. The summed E-state index contributed by atoms with van der Waals surface area (Å²) in [6.07, 6.45) is 4.54. The van der Waals surface area contributed by atoms with Crippen molar-refractivity contribution in [1.29, 1.82) is 0 Å². The number of nitrogens with one attached hydrogen (secondary N) is 1. The number of carbonyl (C=O) groups excluding carboxylic acids is 1. The summed E-state index contributed by atoms with van der Waals surface area (Å²) in [7, 11) is 1.59. The van der Waals surface area contributed by atoms with Gasteiger partial charge in [0.2, 0.25) is 11.8 Å². The molecule has 138 valence electrons. The largest absolute Gasteiger partial charge is 0.481 e. The van der Waals surface area contributed by atoms with Crippen LogP contribution in [0.2, 0.25) is 0 Å². The fraction of sp³-hybridized carbons (Fsp3) is 0.250. The molecule has 1 N–H and O–H groups in total. The van der Waals surface area contributed by atoms with Crippen LogP contribution in [-0.2, 0) is 4.79 Å². The van der Waals surface area contributed by atoms with Gasteiger partial charge in [-0.1, -0.05) is 18.2 Å². The lowest BCUT2D eigenvalue weighted by Crippen LogP contribution is -2.35. The first-order valence-corrected chi connectivity index (χ1v) is 8.92. The van der Waals surface area contributed by atoms with Gasteiger partial charge in [0, 0.05) is 30.1 Å². The molecule has 7 nitrogen and oxygen atoms in total. The highest BCUT2D eigenvalue weighted by molar-refractivity contribution is 5.94. The van der Waals surface area contributed by atoms with Crippen molar-refractivity contribution in [2.24, 2.45) is 0 Å². The number of ether oxygens (including phenoxy) is 1. The minimum Gasteiger partial charge on any atom is -0.481 e. The van der Waals surface area contributed by atoms with Gasteiger partial charge in [0.25, 0.3) is 0 Å². The van der Waals surface area contributed by atoms with Crippen molar-refractivity contribution in [3.63, 3.8) is 0 Å². The highest BCUT2D eigenvalue weighted by atomic mass is 16.5. The average Bonchev–Trinajstić information content (AvgIpc) is 3.05. The van der Waals surface area contributed by atoms with Gasteiger partial charge in [-0.25, -0.2) is 9.97 Å². The van der Waals surface area contributed by atoms with Crippen molar-refractivity contribution in [2.75, 3.05) is 31.6 Å². The third-order valence-corrected chi connectivity index (χ3v) is 4.52. The smallest absolute Gasteiger partial charge is 0.242 e. The molecule has 0 aliphatic carbocycles. The second kappa shape index (κ2) is 7.59. The first-order valence-electron chi connectivity index (χ1n) is 8.92. The number of anilines is 1. The Morgan fingerprint density at radius 1 is 1.15 bits per heavy atom. The minimum absolute atomic E-state index is 0.0321. The lowest BCUT2D eigenvalue weighted by molar-refractivity contribution is -0.117. The number of aromatic nitrogens is 3. The number of hydrogen-bond acceptors (Lipinski definition) is 5. The van der Waals surface area contributed by atoms with Crippen molar-refractivity contribution < 1.29 is 9.53 Å². The summed E-state index contributed by atoms with van der Waals surface area (Å²) < 4.78 is 7.14. The topological polar surface area (TPSA) is 72.3 Å². The van der Waals surface area contributed by atoms with Gasteiger partial charge in [0.1, 0.15) is 5.82 Å².